The number of hydrogen-bond acceptors (Lipinski definition) is 4. The predicted octanol–water partition coefficient (Wildman–Crippen LogP) is 1.58. The molecule has 4 nitrogen and oxygen atoms in total. The van der Waals surface area contributed by atoms with Crippen molar-refractivity contribution < 1.29 is 19.1 Å². The van der Waals surface area contributed by atoms with E-state index in [4.69, 9.17) is 9.47 Å². The summed E-state index contributed by atoms with van der Waals surface area (Å²) in [5.41, 5.74) is 0.513. The molecule has 84 valence electrons. The second kappa shape index (κ2) is 4.35. The number of benzene rings is 1. The van der Waals surface area contributed by atoms with Crippen molar-refractivity contribution in [1.82, 2.24) is 0 Å². The first-order chi connectivity index (χ1) is 7.70. The van der Waals surface area contributed by atoms with Gasteiger partial charge in [-0.25, -0.2) is 0 Å². The van der Waals surface area contributed by atoms with E-state index in [2.05, 4.69) is 0 Å². The van der Waals surface area contributed by atoms with Gasteiger partial charge < -0.3 is 9.47 Å². The quantitative estimate of drug-likeness (QED) is 0.573. The van der Waals surface area contributed by atoms with Crippen LogP contribution in [0, 0.1) is 0 Å². The zero-order valence-electron chi connectivity index (χ0n) is 8.93. The number of ketones is 1. The van der Waals surface area contributed by atoms with Crippen LogP contribution in [0.25, 0.3) is 0 Å². The third kappa shape index (κ3) is 2.05. The van der Waals surface area contributed by atoms with Crippen molar-refractivity contribution in [1.29, 1.82) is 0 Å². The van der Waals surface area contributed by atoms with E-state index in [0.29, 0.717) is 24.2 Å². The molecule has 1 aromatic carbocycles. The molecule has 0 saturated carbocycles. The first kappa shape index (κ1) is 10.7. The Kier molecular flexibility index (Phi) is 2.90. The Labute approximate surface area is 93.2 Å². The van der Waals surface area contributed by atoms with E-state index in [1.165, 1.54) is 0 Å². The summed E-state index contributed by atoms with van der Waals surface area (Å²) in [5, 5.41) is 0. The second-order valence-electron chi connectivity index (χ2n) is 3.61. The third-order valence-corrected chi connectivity index (χ3v) is 2.53. The van der Waals surface area contributed by atoms with Crippen molar-refractivity contribution in [2.75, 3.05) is 7.11 Å². The van der Waals surface area contributed by atoms with Gasteiger partial charge in [0.1, 0.15) is 5.75 Å². The molecule has 4 heteroatoms. The molecule has 1 fully saturated rings. The minimum Gasteiger partial charge on any atom is -0.497 e. The van der Waals surface area contributed by atoms with Crippen molar-refractivity contribution in [2.24, 2.45) is 0 Å². The zero-order chi connectivity index (χ0) is 11.5. The van der Waals surface area contributed by atoms with Crippen molar-refractivity contribution in [3.05, 3.63) is 29.8 Å². The summed E-state index contributed by atoms with van der Waals surface area (Å²) in [6.45, 7) is 0. The number of cyclic esters (lactones) is 1. The molecule has 0 aromatic heterocycles. The molecule has 0 amide bonds. The van der Waals surface area contributed by atoms with E-state index in [0.717, 1.165) is 0 Å². The maximum Gasteiger partial charge on any atom is 0.306 e. The van der Waals surface area contributed by atoms with Gasteiger partial charge in [-0.2, -0.15) is 0 Å². The molecule has 1 atom stereocenters. The predicted molar refractivity (Wildman–Crippen MR) is 56.4 cm³/mol. The highest BCUT2D eigenvalue weighted by molar-refractivity contribution is 6.01. The number of ether oxygens (including phenoxy) is 2. The first-order valence-corrected chi connectivity index (χ1v) is 5.08. The van der Waals surface area contributed by atoms with Crippen LogP contribution in [0.15, 0.2) is 24.3 Å². The van der Waals surface area contributed by atoms with Crippen LogP contribution in [-0.4, -0.2) is 25.0 Å². The van der Waals surface area contributed by atoms with Gasteiger partial charge in [0.15, 0.2) is 6.10 Å². The fraction of sp³-hybridized carbons (Fsp3) is 0.333. The van der Waals surface area contributed by atoms with Crippen molar-refractivity contribution in [3.63, 3.8) is 0 Å². The number of esters is 1. The van der Waals surface area contributed by atoms with Crippen LogP contribution in [0.4, 0.5) is 0 Å². The Balaban J connectivity index is 2.17. The minimum absolute atomic E-state index is 0.162. The van der Waals surface area contributed by atoms with Crippen LogP contribution >= 0.6 is 0 Å². The average Bonchev–Trinajstić information content (AvgIpc) is 2.75. The smallest absolute Gasteiger partial charge is 0.306 e. The Morgan fingerprint density at radius 3 is 2.94 bits per heavy atom. The lowest BCUT2D eigenvalue weighted by Crippen LogP contribution is -2.20. The van der Waals surface area contributed by atoms with Gasteiger partial charge in [-0.05, 0) is 12.1 Å². The van der Waals surface area contributed by atoms with Crippen LogP contribution < -0.4 is 4.74 Å². The fourth-order valence-corrected chi connectivity index (χ4v) is 1.67. The number of carbonyl (C=O) groups excluding carboxylic acids is 2. The molecule has 0 spiro atoms. The lowest BCUT2D eigenvalue weighted by Gasteiger charge is -2.08. The first-order valence-electron chi connectivity index (χ1n) is 5.08. The molecule has 0 N–H and O–H groups in total. The molecular formula is C12H12O4. The number of methoxy groups -OCH3 is 1. The summed E-state index contributed by atoms with van der Waals surface area (Å²) in [6, 6.07) is 6.84. The molecular weight excluding hydrogens is 208 g/mol. The van der Waals surface area contributed by atoms with Gasteiger partial charge in [0, 0.05) is 18.4 Å². The Bertz CT molecular complexity index is 425. The highest BCUT2D eigenvalue weighted by Gasteiger charge is 2.30. The monoisotopic (exact) mass is 220 g/mol. The molecule has 1 aromatic rings. The van der Waals surface area contributed by atoms with Crippen LogP contribution in [-0.2, 0) is 9.53 Å². The topological polar surface area (TPSA) is 52.6 Å². The zero-order valence-corrected chi connectivity index (χ0v) is 8.93. The lowest BCUT2D eigenvalue weighted by molar-refractivity contribution is -0.140. The molecule has 2 rings (SSSR count). The average molecular weight is 220 g/mol. The largest absolute Gasteiger partial charge is 0.497 e. The van der Waals surface area contributed by atoms with Crippen molar-refractivity contribution >= 4 is 11.8 Å². The molecule has 0 bridgehead atoms. The molecule has 16 heavy (non-hydrogen) atoms. The van der Waals surface area contributed by atoms with Gasteiger partial charge in [-0.3, -0.25) is 9.59 Å². The van der Waals surface area contributed by atoms with Gasteiger partial charge in [-0.15, -0.1) is 0 Å². The molecule has 1 aliphatic rings. The van der Waals surface area contributed by atoms with E-state index < -0.39 is 6.10 Å². The molecule has 1 saturated heterocycles. The normalized spacial score (nSPS) is 19.3. The summed E-state index contributed by atoms with van der Waals surface area (Å²) < 4.78 is 9.95. The van der Waals surface area contributed by atoms with Crippen molar-refractivity contribution in [3.8, 4) is 5.75 Å². The van der Waals surface area contributed by atoms with Crippen LogP contribution in [0.5, 0.6) is 5.75 Å². The molecule has 1 heterocycles. The van der Waals surface area contributed by atoms with Gasteiger partial charge in [-0.1, -0.05) is 12.1 Å². The van der Waals surface area contributed by atoms with Crippen LogP contribution in [0.2, 0.25) is 0 Å². The Morgan fingerprint density at radius 2 is 2.31 bits per heavy atom. The van der Waals surface area contributed by atoms with Crippen LogP contribution in [0.3, 0.4) is 0 Å². The lowest BCUT2D eigenvalue weighted by atomic mass is 10.0. The van der Waals surface area contributed by atoms with Gasteiger partial charge >= 0.3 is 5.97 Å². The number of hydrogen-bond donors (Lipinski definition) is 0. The third-order valence-electron chi connectivity index (χ3n) is 2.53. The molecule has 1 aliphatic heterocycles. The number of rotatable bonds is 3. The van der Waals surface area contributed by atoms with E-state index in [1.807, 2.05) is 0 Å². The van der Waals surface area contributed by atoms with E-state index in [1.54, 1.807) is 31.4 Å². The standard InChI is InChI=1S/C12H12O4/c1-15-9-4-2-3-8(7-9)12(14)10-5-6-11(13)16-10/h2-4,7,10H,5-6H2,1H3. The Hall–Kier alpha value is -1.84. The summed E-state index contributed by atoms with van der Waals surface area (Å²) in [6.07, 6.45) is 0.162. The number of Topliss-reactive ketones (excluding diaryl/α,β-unsaturated/α-hetero) is 1. The van der Waals surface area contributed by atoms with Gasteiger partial charge in [0.25, 0.3) is 0 Å². The van der Waals surface area contributed by atoms with Crippen LogP contribution in [0.1, 0.15) is 23.2 Å². The highest BCUT2D eigenvalue weighted by Crippen LogP contribution is 2.20. The molecule has 0 radical (unpaired) electrons. The Morgan fingerprint density at radius 1 is 1.50 bits per heavy atom. The summed E-state index contributed by atoms with van der Waals surface area (Å²) >= 11 is 0. The highest BCUT2D eigenvalue weighted by atomic mass is 16.6. The van der Waals surface area contributed by atoms with Gasteiger partial charge in [0.05, 0.1) is 7.11 Å². The molecule has 1 unspecified atom stereocenters. The van der Waals surface area contributed by atoms with Crippen molar-refractivity contribution in [2.45, 2.75) is 18.9 Å². The van der Waals surface area contributed by atoms with E-state index in [-0.39, 0.29) is 11.8 Å². The maximum atomic E-state index is 11.9. The number of carbonyl (C=O) groups is 2. The second-order valence-corrected chi connectivity index (χ2v) is 3.61. The minimum atomic E-state index is -0.625. The maximum absolute atomic E-state index is 11.9. The molecule has 0 aliphatic carbocycles. The van der Waals surface area contributed by atoms with E-state index >= 15 is 0 Å². The summed E-state index contributed by atoms with van der Waals surface area (Å²) in [4.78, 5) is 22.8. The SMILES string of the molecule is COc1cccc(C(=O)C2CCC(=O)O2)c1. The van der Waals surface area contributed by atoms with E-state index in [9.17, 15) is 9.59 Å². The fourth-order valence-electron chi connectivity index (χ4n) is 1.67. The summed E-state index contributed by atoms with van der Waals surface area (Å²) in [7, 11) is 1.54. The summed E-state index contributed by atoms with van der Waals surface area (Å²) in [5.74, 6) is 0.154. The van der Waals surface area contributed by atoms with Gasteiger partial charge in [0.2, 0.25) is 5.78 Å².